The molecule has 0 unspecified atom stereocenters. The van der Waals surface area contributed by atoms with E-state index in [1.165, 1.54) is 31.2 Å². The van der Waals surface area contributed by atoms with Gasteiger partial charge in [-0.05, 0) is 43.1 Å². The summed E-state index contributed by atoms with van der Waals surface area (Å²) in [5.74, 6) is 0.573. The first kappa shape index (κ1) is 13.7. The van der Waals surface area contributed by atoms with Crippen molar-refractivity contribution < 1.29 is 8.78 Å². The summed E-state index contributed by atoms with van der Waals surface area (Å²) in [5.41, 5.74) is 1.56. The highest BCUT2D eigenvalue weighted by Crippen LogP contribution is 2.36. The van der Waals surface area contributed by atoms with Gasteiger partial charge in [0.15, 0.2) is 5.83 Å². The van der Waals surface area contributed by atoms with Crippen molar-refractivity contribution in [1.29, 1.82) is 0 Å². The summed E-state index contributed by atoms with van der Waals surface area (Å²) in [6, 6.07) is 7.18. The Morgan fingerprint density at radius 2 is 1.78 bits per heavy atom. The van der Waals surface area contributed by atoms with E-state index in [1.807, 2.05) is 12.1 Å². The highest BCUT2D eigenvalue weighted by molar-refractivity contribution is 9.09. The Kier molecular flexibility index (Phi) is 4.93. The molecular formula is C15H17BrF2. The zero-order valence-corrected chi connectivity index (χ0v) is 11.8. The zero-order valence-electron chi connectivity index (χ0n) is 10.2. The third kappa shape index (κ3) is 3.19. The molecule has 0 atom stereocenters. The van der Waals surface area contributed by atoms with Crippen molar-refractivity contribution in [3.8, 4) is 0 Å². The molecule has 1 saturated carbocycles. The Labute approximate surface area is 115 Å². The quantitative estimate of drug-likeness (QED) is 0.638. The fourth-order valence-corrected chi connectivity index (χ4v) is 3.28. The lowest BCUT2D eigenvalue weighted by Gasteiger charge is -2.27. The molecule has 0 aromatic heterocycles. The number of benzene rings is 1. The van der Waals surface area contributed by atoms with Crippen LogP contribution in [0.4, 0.5) is 8.78 Å². The highest BCUT2D eigenvalue weighted by Gasteiger charge is 2.21. The number of rotatable bonds is 3. The maximum absolute atomic E-state index is 13.0. The molecule has 1 aliphatic carbocycles. The van der Waals surface area contributed by atoms with E-state index < -0.39 is 5.83 Å². The SMILES string of the molecule is F/C=C(\F)c1ccc([C@H]2CC[C@H](CBr)CC2)cc1. The van der Waals surface area contributed by atoms with Gasteiger partial charge < -0.3 is 0 Å². The molecule has 1 aromatic rings. The van der Waals surface area contributed by atoms with E-state index in [-0.39, 0.29) is 6.33 Å². The van der Waals surface area contributed by atoms with Gasteiger partial charge in [0.1, 0.15) is 6.33 Å². The molecule has 0 saturated heterocycles. The average molecular weight is 315 g/mol. The minimum Gasteiger partial charge on any atom is -0.212 e. The lowest BCUT2D eigenvalue weighted by atomic mass is 9.79. The van der Waals surface area contributed by atoms with Crippen molar-refractivity contribution in [3.05, 3.63) is 41.7 Å². The molecule has 18 heavy (non-hydrogen) atoms. The molecule has 0 aliphatic heterocycles. The molecule has 1 aliphatic rings. The Bertz CT molecular complexity index is 403. The standard InChI is InChI=1S/C15H17BrF2/c16-9-11-1-3-12(4-2-11)13-5-7-14(8-6-13)15(18)10-17/h5-8,10-12H,1-4,9H2/b15-10-/t11-,12-. The van der Waals surface area contributed by atoms with E-state index in [4.69, 9.17) is 0 Å². The van der Waals surface area contributed by atoms with E-state index >= 15 is 0 Å². The van der Waals surface area contributed by atoms with Crippen molar-refractivity contribution in [2.24, 2.45) is 5.92 Å². The molecule has 98 valence electrons. The molecule has 0 N–H and O–H groups in total. The molecule has 1 fully saturated rings. The number of halogens is 3. The molecule has 0 radical (unpaired) electrons. The van der Waals surface area contributed by atoms with Gasteiger partial charge in [0, 0.05) is 10.9 Å². The first-order chi connectivity index (χ1) is 8.74. The van der Waals surface area contributed by atoms with Crippen LogP contribution in [0.25, 0.3) is 5.83 Å². The average Bonchev–Trinajstić information content (AvgIpc) is 2.47. The van der Waals surface area contributed by atoms with Crippen LogP contribution in [0.2, 0.25) is 0 Å². The Morgan fingerprint density at radius 3 is 2.28 bits per heavy atom. The maximum atomic E-state index is 13.0. The van der Waals surface area contributed by atoms with Crippen LogP contribution in [-0.4, -0.2) is 5.33 Å². The van der Waals surface area contributed by atoms with Gasteiger partial charge in [-0.15, -0.1) is 0 Å². The summed E-state index contributed by atoms with van der Waals surface area (Å²) >= 11 is 3.54. The number of hydrogen-bond donors (Lipinski definition) is 0. The van der Waals surface area contributed by atoms with E-state index in [9.17, 15) is 8.78 Å². The lowest BCUT2D eigenvalue weighted by Crippen LogP contribution is -2.14. The maximum Gasteiger partial charge on any atom is 0.158 e. The van der Waals surface area contributed by atoms with E-state index in [0.717, 1.165) is 11.2 Å². The Balaban J connectivity index is 2.02. The predicted molar refractivity (Wildman–Crippen MR) is 75.1 cm³/mol. The van der Waals surface area contributed by atoms with Gasteiger partial charge in [-0.25, -0.2) is 8.78 Å². The first-order valence-corrected chi connectivity index (χ1v) is 7.49. The smallest absolute Gasteiger partial charge is 0.158 e. The largest absolute Gasteiger partial charge is 0.212 e. The van der Waals surface area contributed by atoms with Crippen LogP contribution in [0, 0.1) is 5.92 Å². The number of hydrogen-bond acceptors (Lipinski definition) is 0. The summed E-state index contributed by atoms with van der Waals surface area (Å²) in [6.07, 6.45) is 4.89. The van der Waals surface area contributed by atoms with Crippen LogP contribution in [-0.2, 0) is 0 Å². The summed E-state index contributed by atoms with van der Waals surface area (Å²) in [7, 11) is 0. The molecule has 3 heteroatoms. The van der Waals surface area contributed by atoms with Gasteiger partial charge in [0.25, 0.3) is 0 Å². The molecule has 0 nitrogen and oxygen atoms in total. The normalized spacial score (nSPS) is 25.2. The molecule has 0 spiro atoms. The minimum atomic E-state index is -0.801. The van der Waals surface area contributed by atoms with Crippen molar-refractivity contribution in [2.75, 3.05) is 5.33 Å². The molecular weight excluding hydrogens is 298 g/mol. The van der Waals surface area contributed by atoms with Gasteiger partial charge >= 0.3 is 0 Å². The zero-order chi connectivity index (χ0) is 13.0. The summed E-state index contributed by atoms with van der Waals surface area (Å²) in [4.78, 5) is 0. The van der Waals surface area contributed by atoms with E-state index in [0.29, 0.717) is 11.5 Å². The second-order valence-electron chi connectivity index (χ2n) is 4.95. The van der Waals surface area contributed by atoms with Crippen LogP contribution in [0.1, 0.15) is 42.7 Å². The van der Waals surface area contributed by atoms with Crippen molar-refractivity contribution in [3.63, 3.8) is 0 Å². The van der Waals surface area contributed by atoms with Crippen molar-refractivity contribution >= 4 is 21.8 Å². The molecule has 2 rings (SSSR count). The van der Waals surface area contributed by atoms with Gasteiger partial charge in [-0.2, -0.15) is 0 Å². The summed E-state index contributed by atoms with van der Waals surface area (Å²) in [6.45, 7) is 0. The van der Waals surface area contributed by atoms with Crippen LogP contribution in [0.5, 0.6) is 0 Å². The lowest BCUT2D eigenvalue weighted by molar-refractivity contribution is 0.354. The Hall–Kier alpha value is -0.700. The summed E-state index contributed by atoms with van der Waals surface area (Å²) < 4.78 is 25.1. The van der Waals surface area contributed by atoms with Gasteiger partial charge in [-0.1, -0.05) is 40.2 Å². The third-order valence-electron chi connectivity index (χ3n) is 3.82. The van der Waals surface area contributed by atoms with Crippen molar-refractivity contribution in [1.82, 2.24) is 0 Å². The van der Waals surface area contributed by atoms with Crippen LogP contribution < -0.4 is 0 Å². The predicted octanol–water partition coefficient (Wildman–Crippen LogP) is 5.59. The van der Waals surface area contributed by atoms with Crippen LogP contribution in [0.3, 0.4) is 0 Å². The molecule has 1 aromatic carbocycles. The summed E-state index contributed by atoms with van der Waals surface area (Å²) in [5, 5.41) is 1.09. The van der Waals surface area contributed by atoms with Crippen molar-refractivity contribution in [2.45, 2.75) is 31.6 Å². The minimum absolute atomic E-state index is 0.0101. The van der Waals surface area contributed by atoms with Gasteiger partial charge in [0.05, 0.1) is 0 Å². The third-order valence-corrected chi connectivity index (χ3v) is 4.73. The van der Waals surface area contributed by atoms with Crippen LogP contribution in [0.15, 0.2) is 30.6 Å². The van der Waals surface area contributed by atoms with E-state index in [1.54, 1.807) is 12.1 Å². The Morgan fingerprint density at radius 1 is 1.17 bits per heavy atom. The molecule has 0 bridgehead atoms. The second kappa shape index (κ2) is 6.46. The first-order valence-electron chi connectivity index (χ1n) is 6.36. The fourth-order valence-electron chi connectivity index (χ4n) is 2.63. The van der Waals surface area contributed by atoms with Gasteiger partial charge in [0.2, 0.25) is 0 Å². The van der Waals surface area contributed by atoms with Crippen LogP contribution >= 0.6 is 15.9 Å². The number of alkyl halides is 1. The van der Waals surface area contributed by atoms with E-state index in [2.05, 4.69) is 15.9 Å². The monoisotopic (exact) mass is 314 g/mol. The molecule has 0 amide bonds. The fraction of sp³-hybridized carbons (Fsp3) is 0.467. The second-order valence-corrected chi connectivity index (χ2v) is 5.60. The topological polar surface area (TPSA) is 0 Å². The highest BCUT2D eigenvalue weighted by atomic mass is 79.9. The van der Waals surface area contributed by atoms with Gasteiger partial charge in [-0.3, -0.25) is 0 Å². The molecule has 0 heterocycles.